The van der Waals surface area contributed by atoms with E-state index < -0.39 is 5.79 Å². The average Bonchev–Trinajstić information content (AvgIpc) is 2.78. The summed E-state index contributed by atoms with van der Waals surface area (Å²) in [6, 6.07) is 15.6. The Morgan fingerprint density at radius 2 is 1.77 bits per heavy atom. The summed E-state index contributed by atoms with van der Waals surface area (Å²) >= 11 is 0. The second kappa shape index (κ2) is 4.93. The predicted octanol–water partition coefficient (Wildman–Crippen LogP) is 3.26. The minimum absolute atomic E-state index is 0.168. The summed E-state index contributed by atoms with van der Waals surface area (Å²) in [6.07, 6.45) is 0.807. The molecule has 2 aliphatic rings. The zero-order chi connectivity index (χ0) is 15.2. The van der Waals surface area contributed by atoms with E-state index in [0.29, 0.717) is 13.2 Å². The van der Waals surface area contributed by atoms with Gasteiger partial charge in [-0.1, -0.05) is 29.8 Å². The molecule has 0 aromatic heterocycles. The zero-order valence-corrected chi connectivity index (χ0v) is 12.4. The third kappa shape index (κ3) is 1.81. The first kappa shape index (κ1) is 13.5. The van der Waals surface area contributed by atoms with Crippen LogP contribution >= 0.6 is 0 Å². The van der Waals surface area contributed by atoms with Gasteiger partial charge in [0.15, 0.2) is 0 Å². The maximum Gasteiger partial charge on any atom is 0.297 e. The third-order valence-electron chi connectivity index (χ3n) is 4.15. The van der Waals surface area contributed by atoms with Crippen molar-refractivity contribution in [3.8, 4) is 0 Å². The molecule has 0 unspecified atom stereocenters. The van der Waals surface area contributed by atoms with E-state index in [1.54, 1.807) is 4.90 Å². The first-order valence-corrected chi connectivity index (χ1v) is 7.51. The van der Waals surface area contributed by atoms with E-state index >= 15 is 0 Å². The van der Waals surface area contributed by atoms with Gasteiger partial charge < -0.3 is 9.47 Å². The lowest BCUT2D eigenvalue weighted by molar-refractivity contribution is -0.256. The Morgan fingerprint density at radius 3 is 2.50 bits per heavy atom. The molecule has 1 amide bonds. The molecule has 0 N–H and O–H groups in total. The topological polar surface area (TPSA) is 38.8 Å². The molecular weight excluding hydrogens is 278 g/mol. The van der Waals surface area contributed by atoms with Crippen molar-refractivity contribution >= 4 is 17.3 Å². The first-order valence-electron chi connectivity index (χ1n) is 7.51. The molecule has 2 heterocycles. The number of para-hydroxylation sites is 1. The minimum atomic E-state index is -1.28. The Hall–Kier alpha value is -2.17. The van der Waals surface area contributed by atoms with Crippen molar-refractivity contribution in [2.75, 3.05) is 18.1 Å². The lowest BCUT2D eigenvalue weighted by Gasteiger charge is -2.32. The number of benzene rings is 2. The van der Waals surface area contributed by atoms with Crippen molar-refractivity contribution in [3.63, 3.8) is 0 Å². The summed E-state index contributed by atoms with van der Waals surface area (Å²) < 4.78 is 11.7. The fourth-order valence-electron chi connectivity index (χ4n) is 3.13. The number of aryl methyl sites for hydroxylation is 1. The van der Waals surface area contributed by atoms with Crippen LogP contribution in [0, 0.1) is 6.92 Å². The molecule has 2 aromatic carbocycles. The van der Waals surface area contributed by atoms with Crippen LogP contribution in [-0.2, 0) is 20.1 Å². The van der Waals surface area contributed by atoms with Crippen LogP contribution in [0.1, 0.15) is 17.5 Å². The average molecular weight is 295 g/mol. The lowest BCUT2D eigenvalue weighted by Crippen LogP contribution is -2.46. The number of hydrogen-bond donors (Lipinski definition) is 0. The van der Waals surface area contributed by atoms with Crippen molar-refractivity contribution in [2.45, 2.75) is 19.1 Å². The Labute approximate surface area is 129 Å². The highest BCUT2D eigenvalue weighted by molar-refractivity contribution is 6.11. The SMILES string of the molecule is Cc1ccc2c(c1)C1(OCCCO1)C(=O)N2c1ccccc1. The smallest absolute Gasteiger partial charge is 0.297 e. The summed E-state index contributed by atoms with van der Waals surface area (Å²) in [7, 11) is 0. The molecule has 4 heteroatoms. The van der Waals surface area contributed by atoms with Gasteiger partial charge in [-0.25, -0.2) is 0 Å². The number of nitrogens with zero attached hydrogens (tertiary/aromatic N) is 1. The van der Waals surface area contributed by atoms with E-state index in [1.165, 1.54) is 0 Å². The number of carbonyl (C=O) groups excluding carboxylic acids is 1. The molecule has 0 saturated carbocycles. The Kier molecular flexibility index (Phi) is 3.03. The van der Waals surface area contributed by atoms with Gasteiger partial charge in [0.2, 0.25) is 0 Å². The highest BCUT2D eigenvalue weighted by atomic mass is 16.7. The maximum atomic E-state index is 13.1. The largest absolute Gasteiger partial charge is 0.338 e. The standard InChI is InChI=1S/C18H17NO3/c1-13-8-9-16-15(12-13)18(21-10-5-11-22-18)17(20)19(16)14-6-3-2-4-7-14/h2-4,6-9,12H,5,10-11H2,1H3. The predicted molar refractivity (Wildman–Crippen MR) is 83.0 cm³/mol. The molecule has 4 rings (SSSR count). The van der Waals surface area contributed by atoms with E-state index in [1.807, 2.05) is 55.5 Å². The van der Waals surface area contributed by atoms with Crippen LogP contribution in [0.2, 0.25) is 0 Å². The molecule has 0 atom stereocenters. The van der Waals surface area contributed by atoms with Gasteiger partial charge in [-0.3, -0.25) is 9.69 Å². The molecule has 22 heavy (non-hydrogen) atoms. The van der Waals surface area contributed by atoms with Crippen molar-refractivity contribution in [1.29, 1.82) is 0 Å². The van der Waals surface area contributed by atoms with Crippen LogP contribution in [0.15, 0.2) is 48.5 Å². The number of fused-ring (bicyclic) bond motifs is 2. The Bertz CT molecular complexity index is 720. The Morgan fingerprint density at radius 1 is 1.05 bits per heavy atom. The van der Waals surface area contributed by atoms with E-state index in [0.717, 1.165) is 28.9 Å². The van der Waals surface area contributed by atoms with Crippen LogP contribution in [-0.4, -0.2) is 19.1 Å². The number of carbonyl (C=O) groups is 1. The minimum Gasteiger partial charge on any atom is -0.338 e. The zero-order valence-electron chi connectivity index (χ0n) is 12.4. The van der Waals surface area contributed by atoms with Crippen molar-refractivity contribution in [2.24, 2.45) is 0 Å². The first-order chi connectivity index (χ1) is 10.7. The van der Waals surface area contributed by atoms with Crippen LogP contribution in [0.3, 0.4) is 0 Å². The number of hydrogen-bond acceptors (Lipinski definition) is 3. The van der Waals surface area contributed by atoms with Crippen LogP contribution < -0.4 is 4.90 Å². The van der Waals surface area contributed by atoms with E-state index in [2.05, 4.69) is 0 Å². The number of amides is 1. The molecule has 1 spiro atoms. The fourth-order valence-corrected chi connectivity index (χ4v) is 3.13. The van der Waals surface area contributed by atoms with E-state index in [9.17, 15) is 4.79 Å². The summed E-state index contributed by atoms with van der Waals surface area (Å²) in [5.74, 6) is -1.45. The number of ether oxygens (including phenoxy) is 2. The van der Waals surface area contributed by atoms with Gasteiger partial charge in [0, 0.05) is 11.3 Å². The van der Waals surface area contributed by atoms with Gasteiger partial charge in [0.05, 0.1) is 18.9 Å². The Balaban J connectivity index is 1.91. The van der Waals surface area contributed by atoms with E-state index in [-0.39, 0.29) is 5.91 Å². The second-order valence-electron chi connectivity index (χ2n) is 5.66. The normalized spacial score (nSPS) is 19.5. The maximum absolute atomic E-state index is 13.1. The van der Waals surface area contributed by atoms with Crippen molar-refractivity contribution in [1.82, 2.24) is 0 Å². The summed E-state index contributed by atoms with van der Waals surface area (Å²) in [5, 5.41) is 0. The second-order valence-corrected chi connectivity index (χ2v) is 5.66. The van der Waals surface area contributed by atoms with Gasteiger partial charge in [-0.15, -0.1) is 0 Å². The van der Waals surface area contributed by atoms with Crippen molar-refractivity contribution < 1.29 is 14.3 Å². The molecule has 0 bridgehead atoms. The van der Waals surface area contributed by atoms with Crippen LogP contribution in [0.4, 0.5) is 11.4 Å². The number of rotatable bonds is 1. The van der Waals surface area contributed by atoms with Gasteiger partial charge in [-0.2, -0.15) is 0 Å². The van der Waals surface area contributed by atoms with Crippen LogP contribution in [0.5, 0.6) is 0 Å². The van der Waals surface area contributed by atoms with Gasteiger partial charge in [0.25, 0.3) is 11.7 Å². The molecule has 2 aliphatic heterocycles. The quantitative estimate of drug-likeness (QED) is 0.810. The van der Waals surface area contributed by atoms with Gasteiger partial charge >= 0.3 is 0 Å². The van der Waals surface area contributed by atoms with Gasteiger partial charge in [-0.05, 0) is 37.6 Å². The molecular formula is C18H17NO3. The summed E-state index contributed by atoms with van der Waals surface area (Å²) in [6.45, 7) is 3.07. The van der Waals surface area contributed by atoms with Crippen LogP contribution in [0.25, 0.3) is 0 Å². The number of anilines is 2. The lowest BCUT2D eigenvalue weighted by atomic mass is 10.0. The third-order valence-corrected chi connectivity index (χ3v) is 4.15. The molecule has 1 saturated heterocycles. The molecule has 2 aromatic rings. The molecule has 0 aliphatic carbocycles. The van der Waals surface area contributed by atoms with Gasteiger partial charge in [0.1, 0.15) is 0 Å². The highest BCUT2D eigenvalue weighted by Gasteiger charge is 2.55. The molecule has 1 fully saturated rings. The molecule has 0 radical (unpaired) electrons. The van der Waals surface area contributed by atoms with Crippen molar-refractivity contribution in [3.05, 3.63) is 59.7 Å². The highest BCUT2D eigenvalue weighted by Crippen LogP contribution is 2.48. The molecule has 112 valence electrons. The molecule has 4 nitrogen and oxygen atoms in total. The van der Waals surface area contributed by atoms with E-state index in [4.69, 9.17) is 9.47 Å². The summed E-state index contributed by atoms with van der Waals surface area (Å²) in [5.41, 5.74) is 3.55. The summed E-state index contributed by atoms with van der Waals surface area (Å²) in [4.78, 5) is 14.8. The monoisotopic (exact) mass is 295 g/mol. The fraction of sp³-hybridized carbons (Fsp3) is 0.278.